The molecule has 1 amide bonds. The predicted molar refractivity (Wildman–Crippen MR) is 105 cm³/mol. The zero-order chi connectivity index (χ0) is 22.9. The normalized spacial score (nSPS) is 18.4. The maximum absolute atomic E-state index is 12.9. The van der Waals surface area contributed by atoms with Gasteiger partial charge in [0, 0.05) is 24.6 Å². The van der Waals surface area contributed by atoms with Crippen LogP contribution in [-0.4, -0.2) is 60.3 Å². The Balaban J connectivity index is 2.40. The minimum Gasteiger partial charge on any atom is -0.406 e. The molecule has 0 saturated carbocycles. The Morgan fingerprint density at radius 2 is 1.83 bits per heavy atom. The van der Waals surface area contributed by atoms with Gasteiger partial charge in [-0.15, -0.1) is 13.2 Å². The number of amides is 1. The molecule has 0 spiro atoms. The molecule has 1 saturated heterocycles. The fraction of sp³-hybridized carbons (Fsp3) is 0.550. The molecule has 1 fully saturated rings. The fourth-order valence-corrected chi connectivity index (χ4v) is 2.58. The number of halogens is 3. The van der Waals surface area contributed by atoms with Gasteiger partial charge >= 0.3 is 13.5 Å². The summed E-state index contributed by atoms with van der Waals surface area (Å²) < 4.78 is 54.4. The lowest BCUT2D eigenvalue weighted by Crippen LogP contribution is -2.41. The highest BCUT2D eigenvalue weighted by atomic mass is 19.4. The lowest BCUT2D eigenvalue weighted by atomic mass is 9.77. The first-order valence-corrected chi connectivity index (χ1v) is 9.37. The van der Waals surface area contributed by atoms with Crippen molar-refractivity contribution in [3.63, 3.8) is 0 Å². The average molecular weight is 427 g/mol. The third-order valence-corrected chi connectivity index (χ3v) is 5.18. The van der Waals surface area contributed by atoms with Crippen LogP contribution in [0.5, 0.6) is 5.75 Å². The molecule has 1 heterocycles. The second kappa shape index (κ2) is 8.50. The third-order valence-electron chi connectivity index (χ3n) is 5.18. The maximum atomic E-state index is 12.9. The zero-order valence-corrected chi connectivity index (χ0v) is 17.8. The maximum Gasteiger partial charge on any atom is 0.573 e. The van der Waals surface area contributed by atoms with Gasteiger partial charge in [0.05, 0.1) is 11.2 Å². The van der Waals surface area contributed by atoms with Crippen molar-refractivity contribution in [1.82, 2.24) is 4.90 Å². The van der Waals surface area contributed by atoms with E-state index in [2.05, 4.69) is 16.6 Å². The van der Waals surface area contributed by atoms with Crippen molar-refractivity contribution in [1.29, 1.82) is 0 Å². The molecule has 6 nitrogen and oxygen atoms in total. The number of carbonyl (C=O) groups is 1. The lowest BCUT2D eigenvalue weighted by molar-refractivity contribution is -0.274. The van der Waals surface area contributed by atoms with Gasteiger partial charge in [-0.05, 0) is 52.8 Å². The van der Waals surface area contributed by atoms with E-state index in [1.807, 2.05) is 0 Å². The van der Waals surface area contributed by atoms with E-state index in [9.17, 15) is 23.1 Å². The highest BCUT2D eigenvalue weighted by Gasteiger charge is 2.53. The molecule has 1 N–H and O–H groups in total. The van der Waals surface area contributed by atoms with Crippen LogP contribution in [0.15, 0.2) is 18.2 Å². The number of likely N-dealkylation sites (N-methyl/N-ethyl adjacent to an activating group) is 1. The first kappa shape index (κ1) is 24.1. The quantitative estimate of drug-likeness (QED) is 0.589. The number of alkyl halides is 3. The van der Waals surface area contributed by atoms with E-state index in [-0.39, 0.29) is 11.0 Å². The molecule has 0 aromatic heterocycles. The minimum atomic E-state index is -4.90. The number of benzene rings is 1. The smallest absolute Gasteiger partial charge is 0.406 e. The Morgan fingerprint density at radius 1 is 1.27 bits per heavy atom. The summed E-state index contributed by atoms with van der Waals surface area (Å²) >= 11 is 0. The summed E-state index contributed by atoms with van der Waals surface area (Å²) in [7, 11) is 0.402. The Kier molecular flexibility index (Phi) is 6.81. The van der Waals surface area contributed by atoms with Gasteiger partial charge in [0.1, 0.15) is 5.75 Å². The van der Waals surface area contributed by atoms with Crippen LogP contribution in [0, 0.1) is 11.8 Å². The molecule has 30 heavy (non-hydrogen) atoms. The molecular weight excluding hydrogens is 402 g/mol. The molecule has 1 atom stereocenters. The van der Waals surface area contributed by atoms with Crippen LogP contribution in [0.25, 0.3) is 0 Å². The van der Waals surface area contributed by atoms with E-state index >= 15 is 0 Å². The Morgan fingerprint density at radius 3 is 2.33 bits per heavy atom. The molecule has 164 valence electrons. The highest BCUT2D eigenvalue weighted by Crippen LogP contribution is 2.37. The van der Waals surface area contributed by atoms with E-state index in [1.165, 1.54) is 24.1 Å². The molecule has 1 aromatic carbocycles. The SMILES string of the molecule is CCN(C)C(=O)[C@H](O)C#Cc1ccc(OC(F)(F)F)c(B2OC(C)(C)C(C)(C)O2)c1. The van der Waals surface area contributed by atoms with Crippen LogP contribution in [0.1, 0.15) is 40.2 Å². The summed E-state index contributed by atoms with van der Waals surface area (Å²) in [6, 6.07) is 3.73. The van der Waals surface area contributed by atoms with Crippen molar-refractivity contribution in [2.24, 2.45) is 0 Å². The second-order valence-corrected chi connectivity index (χ2v) is 7.91. The molecule has 0 unspecified atom stereocenters. The Hall–Kier alpha value is -2.22. The minimum absolute atomic E-state index is 0.00395. The molecular formula is C20H25BF3NO5. The van der Waals surface area contributed by atoms with E-state index in [1.54, 1.807) is 34.6 Å². The number of aliphatic hydroxyl groups is 1. The summed E-state index contributed by atoms with van der Waals surface area (Å²) in [4.78, 5) is 13.2. The Bertz CT molecular complexity index is 844. The molecule has 0 bridgehead atoms. The average Bonchev–Trinajstić information content (AvgIpc) is 2.85. The number of carbonyl (C=O) groups excluding carboxylic acids is 1. The number of nitrogens with zero attached hydrogens (tertiary/aromatic N) is 1. The zero-order valence-electron chi connectivity index (χ0n) is 17.8. The lowest BCUT2D eigenvalue weighted by Gasteiger charge is -2.32. The third kappa shape index (κ3) is 5.48. The first-order valence-electron chi connectivity index (χ1n) is 9.37. The fourth-order valence-electron chi connectivity index (χ4n) is 2.58. The van der Waals surface area contributed by atoms with Crippen LogP contribution in [0.4, 0.5) is 13.2 Å². The van der Waals surface area contributed by atoms with Gasteiger partial charge in [-0.2, -0.15) is 0 Å². The van der Waals surface area contributed by atoms with Crippen LogP contribution in [0.2, 0.25) is 0 Å². The molecule has 2 rings (SSSR count). The van der Waals surface area contributed by atoms with Crippen LogP contribution >= 0.6 is 0 Å². The van der Waals surface area contributed by atoms with Crippen molar-refractivity contribution in [3.8, 4) is 17.6 Å². The van der Waals surface area contributed by atoms with Gasteiger partial charge in [-0.25, -0.2) is 0 Å². The van der Waals surface area contributed by atoms with E-state index in [4.69, 9.17) is 9.31 Å². The first-order chi connectivity index (χ1) is 13.7. The predicted octanol–water partition coefficient (Wildman–Crippen LogP) is 2.08. The summed E-state index contributed by atoms with van der Waals surface area (Å²) in [6.45, 7) is 9.22. The van der Waals surface area contributed by atoms with Crippen molar-refractivity contribution < 1.29 is 37.1 Å². The van der Waals surface area contributed by atoms with Crippen molar-refractivity contribution in [2.45, 2.75) is 58.3 Å². The number of hydrogen-bond donors (Lipinski definition) is 1. The van der Waals surface area contributed by atoms with Gasteiger partial charge in [-0.1, -0.05) is 11.8 Å². The summed E-state index contributed by atoms with van der Waals surface area (Å²) in [6.07, 6.45) is -6.46. The highest BCUT2D eigenvalue weighted by molar-refractivity contribution is 6.63. The van der Waals surface area contributed by atoms with Gasteiger partial charge in [0.25, 0.3) is 5.91 Å². The van der Waals surface area contributed by atoms with E-state index < -0.39 is 42.4 Å². The molecule has 0 radical (unpaired) electrons. The second-order valence-electron chi connectivity index (χ2n) is 7.91. The van der Waals surface area contributed by atoms with Crippen LogP contribution in [0.3, 0.4) is 0 Å². The molecule has 1 aliphatic rings. The van der Waals surface area contributed by atoms with E-state index in [0.717, 1.165) is 6.07 Å². The van der Waals surface area contributed by atoms with Crippen molar-refractivity contribution >= 4 is 18.5 Å². The topological polar surface area (TPSA) is 68.2 Å². The number of aliphatic hydroxyl groups excluding tert-OH is 1. The number of ether oxygens (including phenoxy) is 1. The monoisotopic (exact) mass is 427 g/mol. The summed E-state index contributed by atoms with van der Waals surface area (Å²) in [5.41, 5.74) is -1.28. The molecule has 1 aromatic rings. The van der Waals surface area contributed by atoms with Crippen LogP contribution < -0.4 is 10.2 Å². The molecule has 1 aliphatic heterocycles. The Labute approximate surface area is 174 Å². The molecule has 0 aliphatic carbocycles. The van der Waals surface area contributed by atoms with Gasteiger partial charge in [0.2, 0.25) is 0 Å². The summed E-state index contributed by atoms with van der Waals surface area (Å²) in [5.74, 6) is 3.95. The summed E-state index contributed by atoms with van der Waals surface area (Å²) in [5, 5.41) is 9.92. The van der Waals surface area contributed by atoms with E-state index in [0.29, 0.717) is 6.54 Å². The van der Waals surface area contributed by atoms with Crippen LogP contribution in [-0.2, 0) is 14.1 Å². The number of rotatable bonds is 4. The van der Waals surface area contributed by atoms with Gasteiger partial charge in [-0.3, -0.25) is 4.79 Å². The van der Waals surface area contributed by atoms with Crippen molar-refractivity contribution in [3.05, 3.63) is 23.8 Å². The van der Waals surface area contributed by atoms with Crippen molar-refractivity contribution in [2.75, 3.05) is 13.6 Å². The van der Waals surface area contributed by atoms with Gasteiger partial charge in [0.15, 0.2) is 6.10 Å². The standard InChI is InChI=1S/C20H25BF3NO5/c1-7-25(6)17(27)15(26)10-8-13-9-11-16(28-20(22,23)24)14(12-13)21-29-18(2,3)19(4,5)30-21/h9,11-12,15,26H,7H2,1-6H3/t15-/m1/s1. The largest absolute Gasteiger partial charge is 0.573 e. The molecule has 10 heteroatoms. The van der Waals surface area contributed by atoms with Gasteiger partial charge < -0.3 is 24.1 Å². The number of hydrogen-bond acceptors (Lipinski definition) is 5.